The summed E-state index contributed by atoms with van der Waals surface area (Å²) >= 11 is 5.29. The Bertz CT molecular complexity index is 495. The first-order valence-corrected chi connectivity index (χ1v) is 7.58. The van der Waals surface area contributed by atoms with Gasteiger partial charge in [-0.15, -0.1) is 11.3 Å². The lowest BCUT2D eigenvalue weighted by molar-refractivity contribution is 0.550. The lowest BCUT2D eigenvalue weighted by Crippen LogP contribution is -2.22. The fraction of sp³-hybridized carbons (Fsp3) is 0.286. The standard InChI is InChI=1S/C14H15BrFNS/c1-2-17-13(9-14-12(15)7-8-18-14)10-3-5-11(16)6-4-10/h3-8,13,17H,2,9H2,1H3. The van der Waals surface area contributed by atoms with Crippen LogP contribution in [0.5, 0.6) is 0 Å². The first-order chi connectivity index (χ1) is 8.70. The third-order valence-electron chi connectivity index (χ3n) is 2.80. The van der Waals surface area contributed by atoms with Gasteiger partial charge in [-0.3, -0.25) is 0 Å². The van der Waals surface area contributed by atoms with E-state index >= 15 is 0 Å². The minimum Gasteiger partial charge on any atom is -0.310 e. The first kappa shape index (κ1) is 13.7. The van der Waals surface area contributed by atoms with Gasteiger partial charge in [-0.2, -0.15) is 0 Å². The summed E-state index contributed by atoms with van der Waals surface area (Å²) in [5, 5.41) is 5.52. The highest BCUT2D eigenvalue weighted by Crippen LogP contribution is 2.28. The van der Waals surface area contributed by atoms with Gasteiger partial charge < -0.3 is 5.32 Å². The van der Waals surface area contributed by atoms with Crippen molar-refractivity contribution in [2.75, 3.05) is 6.54 Å². The Morgan fingerprint density at radius 3 is 2.56 bits per heavy atom. The van der Waals surface area contributed by atoms with E-state index in [2.05, 4.69) is 39.6 Å². The van der Waals surface area contributed by atoms with Gasteiger partial charge >= 0.3 is 0 Å². The number of thiophene rings is 1. The van der Waals surface area contributed by atoms with Crippen molar-refractivity contribution >= 4 is 27.3 Å². The number of rotatable bonds is 5. The van der Waals surface area contributed by atoms with E-state index in [1.807, 2.05) is 12.1 Å². The van der Waals surface area contributed by atoms with E-state index in [0.717, 1.165) is 23.0 Å². The summed E-state index contributed by atoms with van der Waals surface area (Å²) in [6.45, 7) is 2.98. The molecule has 2 aromatic rings. The molecule has 96 valence electrons. The fourth-order valence-corrected chi connectivity index (χ4v) is 3.47. The molecule has 0 amide bonds. The molecule has 0 saturated carbocycles. The van der Waals surface area contributed by atoms with Crippen LogP contribution in [0.4, 0.5) is 4.39 Å². The van der Waals surface area contributed by atoms with Crippen molar-refractivity contribution in [2.24, 2.45) is 0 Å². The van der Waals surface area contributed by atoms with Crippen LogP contribution in [-0.2, 0) is 6.42 Å². The van der Waals surface area contributed by atoms with Gasteiger partial charge in [0.05, 0.1) is 0 Å². The van der Waals surface area contributed by atoms with Crippen molar-refractivity contribution in [3.8, 4) is 0 Å². The van der Waals surface area contributed by atoms with Crippen LogP contribution in [0.1, 0.15) is 23.4 Å². The summed E-state index contributed by atoms with van der Waals surface area (Å²) in [4.78, 5) is 1.31. The van der Waals surface area contributed by atoms with Crippen molar-refractivity contribution < 1.29 is 4.39 Å². The lowest BCUT2D eigenvalue weighted by Gasteiger charge is -2.18. The van der Waals surface area contributed by atoms with Crippen molar-refractivity contribution in [3.63, 3.8) is 0 Å². The molecule has 1 N–H and O–H groups in total. The number of benzene rings is 1. The number of halogens is 2. The predicted octanol–water partition coefficient (Wildman–Crippen LogP) is 4.54. The third kappa shape index (κ3) is 3.40. The molecule has 0 aliphatic rings. The van der Waals surface area contributed by atoms with Crippen LogP contribution >= 0.6 is 27.3 Å². The van der Waals surface area contributed by atoms with E-state index < -0.39 is 0 Å². The number of hydrogen-bond acceptors (Lipinski definition) is 2. The Balaban J connectivity index is 2.18. The maximum absolute atomic E-state index is 13.0. The van der Waals surface area contributed by atoms with Gasteiger partial charge in [-0.25, -0.2) is 4.39 Å². The lowest BCUT2D eigenvalue weighted by atomic mass is 10.0. The summed E-state index contributed by atoms with van der Waals surface area (Å²) in [7, 11) is 0. The average molecular weight is 328 g/mol. The highest BCUT2D eigenvalue weighted by Gasteiger charge is 2.13. The zero-order chi connectivity index (χ0) is 13.0. The molecule has 4 heteroatoms. The van der Waals surface area contributed by atoms with E-state index in [9.17, 15) is 4.39 Å². The Morgan fingerprint density at radius 2 is 2.00 bits per heavy atom. The maximum Gasteiger partial charge on any atom is 0.123 e. The predicted molar refractivity (Wildman–Crippen MR) is 78.5 cm³/mol. The molecule has 2 rings (SSSR count). The zero-order valence-electron chi connectivity index (χ0n) is 10.1. The Morgan fingerprint density at radius 1 is 1.28 bits per heavy atom. The molecule has 0 aliphatic heterocycles. The van der Waals surface area contributed by atoms with Gasteiger partial charge in [0.2, 0.25) is 0 Å². The monoisotopic (exact) mass is 327 g/mol. The average Bonchev–Trinajstić information content (AvgIpc) is 2.76. The molecule has 0 spiro atoms. The summed E-state index contributed by atoms with van der Waals surface area (Å²) in [5.41, 5.74) is 1.12. The molecule has 1 heterocycles. The second-order valence-corrected chi connectivity index (χ2v) is 5.91. The molecule has 1 nitrogen and oxygen atoms in total. The van der Waals surface area contributed by atoms with E-state index in [1.54, 1.807) is 11.3 Å². The summed E-state index contributed by atoms with van der Waals surface area (Å²) in [5.74, 6) is -0.189. The molecule has 1 unspecified atom stereocenters. The van der Waals surface area contributed by atoms with Crippen molar-refractivity contribution in [3.05, 3.63) is 56.4 Å². The van der Waals surface area contributed by atoms with Gasteiger partial charge in [-0.05, 0) is 51.6 Å². The van der Waals surface area contributed by atoms with Crippen molar-refractivity contribution in [1.82, 2.24) is 5.32 Å². The molecule has 1 aromatic carbocycles. The molecule has 0 fully saturated rings. The third-order valence-corrected chi connectivity index (χ3v) is 4.75. The van der Waals surface area contributed by atoms with Gasteiger partial charge in [0.25, 0.3) is 0 Å². The SMILES string of the molecule is CCNC(Cc1sccc1Br)c1ccc(F)cc1. The number of hydrogen-bond donors (Lipinski definition) is 1. The molecule has 18 heavy (non-hydrogen) atoms. The Hall–Kier alpha value is -0.710. The smallest absolute Gasteiger partial charge is 0.123 e. The highest BCUT2D eigenvalue weighted by atomic mass is 79.9. The molecule has 0 bridgehead atoms. The number of likely N-dealkylation sites (N-methyl/N-ethyl adjacent to an activating group) is 1. The van der Waals surface area contributed by atoms with Crippen LogP contribution in [-0.4, -0.2) is 6.54 Å². The van der Waals surface area contributed by atoms with Crippen LogP contribution in [0.3, 0.4) is 0 Å². The van der Waals surface area contributed by atoms with Crippen molar-refractivity contribution in [2.45, 2.75) is 19.4 Å². The van der Waals surface area contributed by atoms with Gasteiger partial charge in [0.1, 0.15) is 5.82 Å². The van der Waals surface area contributed by atoms with Gasteiger partial charge in [0, 0.05) is 21.8 Å². The molecule has 0 aliphatic carbocycles. The van der Waals surface area contributed by atoms with Crippen LogP contribution in [0, 0.1) is 5.82 Å². The van der Waals surface area contributed by atoms with E-state index in [1.165, 1.54) is 17.0 Å². The van der Waals surface area contributed by atoms with Crippen LogP contribution in [0.25, 0.3) is 0 Å². The van der Waals surface area contributed by atoms with E-state index in [-0.39, 0.29) is 11.9 Å². The normalized spacial score (nSPS) is 12.6. The Labute approximate surface area is 119 Å². The topological polar surface area (TPSA) is 12.0 Å². The van der Waals surface area contributed by atoms with Gasteiger partial charge in [-0.1, -0.05) is 19.1 Å². The first-order valence-electron chi connectivity index (χ1n) is 5.91. The highest BCUT2D eigenvalue weighted by molar-refractivity contribution is 9.10. The van der Waals surface area contributed by atoms with E-state index in [4.69, 9.17) is 0 Å². The Kier molecular flexibility index (Phi) is 4.92. The molecular weight excluding hydrogens is 313 g/mol. The van der Waals surface area contributed by atoms with Crippen LogP contribution in [0.15, 0.2) is 40.2 Å². The fourth-order valence-electron chi connectivity index (χ4n) is 1.91. The number of nitrogens with one attached hydrogen (secondary N) is 1. The molecule has 0 radical (unpaired) electrons. The zero-order valence-corrected chi connectivity index (χ0v) is 12.5. The van der Waals surface area contributed by atoms with Crippen LogP contribution < -0.4 is 5.32 Å². The van der Waals surface area contributed by atoms with Crippen molar-refractivity contribution in [1.29, 1.82) is 0 Å². The van der Waals surface area contributed by atoms with Crippen LogP contribution in [0.2, 0.25) is 0 Å². The molecular formula is C14H15BrFNS. The van der Waals surface area contributed by atoms with E-state index in [0.29, 0.717) is 0 Å². The molecule has 0 saturated heterocycles. The van der Waals surface area contributed by atoms with Gasteiger partial charge in [0.15, 0.2) is 0 Å². The molecule has 1 aromatic heterocycles. The minimum atomic E-state index is -0.189. The quantitative estimate of drug-likeness (QED) is 0.849. The largest absolute Gasteiger partial charge is 0.310 e. The molecule has 1 atom stereocenters. The summed E-state index contributed by atoms with van der Waals surface area (Å²) < 4.78 is 14.1. The summed E-state index contributed by atoms with van der Waals surface area (Å²) in [6, 6.07) is 9.03. The maximum atomic E-state index is 13.0. The minimum absolute atomic E-state index is 0.189. The second kappa shape index (κ2) is 6.45. The summed E-state index contributed by atoms with van der Waals surface area (Å²) in [6.07, 6.45) is 0.914. The second-order valence-electron chi connectivity index (χ2n) is 4.06.